The summed E-state index contributed by atoms with van der Waals surface area (Å²) in [5.74, 6) is 0.415. The second-order valence-electron chi connectivity index (χ2n) is 7.28. The van der Waals surface area contributed by atoms with Crippen LogP contribution in [0.5, 0.6) is 0 Å². The fraction of sp³-hybridized carbons (Fsp3) is 0.722. The van der Waals surface area contributed by atoms with E-state index in [1.807, 2.05) is 32.1 Å². The van der Waals surface area contributed by atoms with Crippen LogP contribution in [-0.4, -0.2) is 24.3 Å². The quantitative estimate of drug-likeness (QED) is 0.768. The van der Waals surface area contributed by atoms with Gasteiger partial charge in [-0.15, -0.1) is 11.3 Å². The van der Waals surface area contributed by atoms with Gasteiger partial charge in [-0.05, 0) is 52.2 Å². The standard InChI is InChI=1S/C18H32N2O2S/c1-8-14-9-10-16(23-14)13(4)20-15(12(2)3)11-19-17(21)22-18(5,6)7/h9-10,12-13,15,20H,8,11H2,1-7H3,(H,19,21). The van der Waals surface area contributed by atoms with Crippen molar-refractivity contribution in [3.63, 3.8) is 0 Å². The Labute approximate surface area is 145 Å². The van der Waals surface area contributed by atoms with Gasteiger partial charge in [0.05, 0.1) is 0 Å². The van der Waals surface area contributed by atoms with Gasteiger partial charge in [-0.1, -0.05) is 20.8 Å². The van der Waals surface area contributed by atoms with E-state index in [4.69, 9.17) is 4.74 Å². The fourth-order valence-corrected chi connectivity index (χ4v) is 3.18. The van der Waals surface area contributed by atoms with Crippen LogP contribution in [0.4, 0.5) is 4.79 Å². The zero-order chi connectivity index (χ0) is 17.6. The molecule has 0 aromatic carbocycles. The van der Waals surface area contributed by atoms with Gasteiger partial charge >= 0.3 is 6.09 Å². The van der Waals surface area contributed by atoms with Gasteiger partial charge in [0.1, 0.15) is 5.60 Å². The lowest BCUT2D eigenvalue weighted by Crippen LogP contribution is -2.46. The third-order valence-corrected chi connectivity index (χ3v) is 5.00. The minimum Gasteiger partial charge on any atom is -0.444 e. The number of hydrogen-bond donors (Lipinski definition) is 2. The molecule has 0 spiro atoms. The molecule has 5 heteroatoms. The molecule has 2 atom stereocenters. The summed E-state index contributed by atoms with van der Waals surface area (Å²) in [5, 5.41) is 6.50. The van der Waals surface area contributed by atoms with Crippen LogP contribution in [0.3, 0.4) is 0 Å². The van der Waals surface area contributed by atoms with E-state index in [9.17, 15) is 4.79 Å². The predicted octanol–water partition coefficient (Wildman–Crippen LogP) is 4.51. The summed E-state index contributed by atoms with van der Waals surface area (Å²) < 4.78 is 5.30. The van der Waals surface area contributed by atoms with Gasteiger partial charge < -0.3 is 15.4 Å². The molecular weight excluding hydrogens is 308 g/mol. The largest absolute Gasteiger partial charge is 0.444 e. The Kier molecular flexibility index (Phi) is 7.55. The molecule has 0 radical (unpaired) electrons. The molecule has 1 aromatic rings. The van der Waals surface area contributed by atoms with Gasteiger partial charge in [0.2, 0.25) is 0 Å². The zero-order valence-electron chi connectivity index (χ0n) is 15.5. The lowest BCUT2D eigenvalue weighted by atomic mass is 10.0. The number of nitrogens with one attached hydrogen (secondary N) is 2. The van der Waals surface area contributed by atoms with Crippen molar-refractivity contribution in [1.82, 2.24) is 10.6 Å². The minimum atomic E-state index is -0.467. The molecule has 132 valence electrons. The first kappa shape index (κ1) is 20.0. The maximum Gasteiger partial charge on any atom is 0.407 e. The Morgan fingerprint density at radius 1 is 1.26 bits per heavy atom. The second kappa shape index (κ2) is 8.69. The van der Waals surface area contributed by atoms with Gasteiger partial charge in [-0.25, -0.2) is 4.79 Å². The van der Waals surface area contributed by atoms with Crippen LogP contribution in [0.1, 0.15) is 64.3 Å². The Bertz CT molecular complexity index is 491. The van der Waals surface area contributed by atoms with E-state index in [0.717, 1.165) is 6.42 Å². The summed E-state index contributed by atoms with van der Waals surface area (Å²) in [4.78, 5) is 14.6. The van der Waals surface area contributed by atoms with Crippen LogP contribution < -0.4 is 10.6 Å². The first-order chi connectivity index (χ1) is 10.6. The van der Waals surface area contributed by atoms with Crippen LogP contribution in [0.25, 0.3) is 0 Å². The summed E-state index contributed by atoms with van der Waals surface area (Å²) in [5.41, 5.74) is -0.467. The van der Waals surface area contributed by atoms with Gasteiger partial charge in [0.25, 0.3) is 0 Å². The molecule has 23 heavy (non-hydrogen) atoms. The van der Waals surface area contributed by atoms with Crippen molar-refractivity contribution in [3.8, 4) is 0 Å². The van der Waals surface area contributed by atoms with E-state index < -0.39 is 5.60 Å². The summed E-state index contributed by atoms with van der Waals surface area (Å²) >= 11 is 1.85. The molecule has 1 amide bonds. The minimum absolute atomic E-state index is 0.199. The molecule has 0 aliphatic heterocycles. The first-order valence-corrected chi connectivity index (χ1v) is 9.25. The molecule has 1 aromatic heterocycles. The van der Waals surface area contributed by atoms with E-state index in [0.29, 0.717) is 12.5 Å². The lowest BCUT2D eigenvalue weighted by molar-refractivity contribution is 0.0518. The van der Waals surface area contributed by atoms with Crippen LogP contribution in [0, 0.1) is 5.92 Å². The average molecular weight is 341 g/mol. The van der Waals surface area contributed by atoms with Gasteiger partial charge in [-0.3, -0.25) is 0 Å². The molecule has 0 fully saturated rings. The molecule has 1 heterocycles. The molecular formula is C18H32N2O2S. The van der Waals surface area contributed by atoms with Crippen molar-refractivity contribution in [3.05, 3.63) is 21.9 Å². The Hall–Kier alpha value is -1.07. The normalized spacial score (nSPS) is 14.6. The molecule has 2 N–H and O–H groups in total. The topological polar surface area (TPSA) is 50.4 Å². The first-order valence-electron chi connectivity index (χ1n) is 8.44. The highest BCUT2D eigenvalue weighted by Gasteiger charge is 2.21. The number of carbonyl (C=O) groups excluding carboxylic acids is 1. The summed E-state index contributed by atoms with van der Waals surface area (Å²) in [6, 6.07) is 4.86. The monoisotopic (exact) mass is 340 g/mol. The molecule has 0 saturated heterocycles. The van der Waals surface area contributed by atoms with E-state index in [-0.39, 0.29) is 18.2 Å². The SMILES string of the molecule is CCc1ccc(C(C)NC(CNC(=O)OC(C)(C)C)C(C)C)s1. The molecule has 2 unspecified atom stereocenters. The maximum atomic E-state index is 11.8. The molecule has 0 aliphatic carbocycles. The van der Waals surface area contributed by atoms with E-state index in [1.54, 1.807) is 0 Å². The number of amides is 1. The maximum absolute atomic E-state index is 11.8. The van der Waals surface area contributed by atoms with Crippen molar-refractivity contribution >= 4 is 17.4 Å². The highest BCUT2D eigenvalue weighted by Crippen LogP contribution is 2.24. The van der Waals surface area contributed by atoms with Crippen molar-refractivity contribution < 1.29 is 9.53 Å². The fourth-order valence-electron chi connectivity index (χ4n) is 2.22. The van der Waals surface area contributed by atoms with Crippen LogP contribution in [0.15, 0.2) is 12.1 Å². The number of alkyl carbamates (subject to hydrolysis) is 1. The van der Waals surface area contributed by atoms with Crippen LogP contribution in [0.2, 0.25) is 0 Å². The number of hydrogen-bond acceptors (Lipinski definition) is 4. The number of thiophene rings is 1. The average Bonchev–Trinajstić information content (AvgIpc) is 2.89. The molecule has 4 nitrogen and oxygen atoms in total. The third-order valence-electron chi connectivity index (χ3n) is 3.59. The smallest absolute Gasteiger partial charge is 0.407 e. The Balaban J connectivity index is 2.56. The van der Waals surface area contributed by atoms with Crippen molar-refractivity contribution in [2.45, 2.75) is 72.6 Å². The second-order valence-corrected chi connectivity index (χ2v) is 8.48. The summed E-state index contributed by atoms with van der Waals surface area (Å²) in [6.45, 7) is 14.8. The molecule has 0 bridgehead atoms. The highest BCUT2D eigenvalue weighted by atomic mass is 32.1. The third kappa shape index (κ3) is 7.36. The number of ether oxygens (including phenoxy) is 1. The molecule has 0 saturated carbocycles. The van der Waals surface area contributed by atoms with Crippen molar-refractivity contribution in [2.24, 2.45) is 5.92 Å². The molecule has 1 rings (SSSR count). The number of aryl methyl sites for hydroxylation is 1. The van der Waals surface area contributed by atoms with Crippen LogP contribution >= 0.6 is 11.3 Å². The van der Waals surface area contributed by atoms with Crippen molar-refractivity contribution in [2.75, 3.05) is 6.54 Å². The van der Waals surface area contributed by atoms with Crippen molar-refractivity contribution in [1.29, 1.82) is 0 Å². The lowest BCUT2D eigenvalue weighted by Gasteiger charge is -2.27. The van der Waals surface area contributed by atoms with Gasteiger partial charge in [-0.2, -0.15) is 0 Å². The number of rotatable bonds is 7. The summed E-state index contributed by atoms with van der Waals surface area (Å²) in [7, 11) is 0. The predicted molar refractivity (Wildman–Crippen MR) is 98.1 cm³/mol. The Morgan fingerprint density at radius 2 is 1.91 bits per heavy atom. The Morgan fingerprint density at radius 3 is 2.39 bits per heavy atom. The number of carbonyl (C=O) groups is 1. The van der Waals surface area contributed by atoms with Gasteiger partial charge in [0, 0.05) is 28.4 Å². The van der Waals surface area contributed by atoms with E-state index >= 15 is 0 Å². The highest BCUT2D eigenvalue weighted by molar-refractivity contribution is 7.12. The van der Waals surface area contributed by atoms with Crippen LogP contribution in [-0.2, 0) is 11.2 Å². The van der Waals surface area contributed by atoms with E-state index in [2.05, 4.69) is 50.5 Å². The molecule has 0 aliphatic rings. The summed E-state index contributed by atoms with van der Waals surface area (Å²) in [6.07, 6.45) is 0.715. The zero-order valence-corrected chi connectivity index (χ0v) is 16.3. The van der Waals surface area contributed by atoms with E-state index in [1.165, 1.54) is 9.75 Å². The van der Waals surface area contributed by atoms with Gasteiger partial charge in [0.15, 0.2) is 0 Å².